The molecule has 1 aromatic carbocycles. The number of carbonyl (C=O) groups is 1. The van der Waals surface area contributed by atoms with E-state index in [0.717, 1.165) is 42.6 Å². The van der Waals surface area contributed by atoms with E-state index >= 15 is 0 Å². The van der Waals surface area contributed by atoms with Crippen molar-refractivity contribution in [2.75, 3.05) is 7.11 Å². The highest BCUT2D eigenvalue weighted by Crippen LogP contribution is 2.29. The molecule has 3 aromatic rings. The summed E-state index contributed by atoms with van der Waals surface area (Å²) in [5.74, 6) is 1.07. The van der Waals surface area contributed by atoms with E-state index in [9.17, 15) is 9.59 Å². The standard InChI is InChI=1S/C22H24N2O4S/c1-13-8-9-16(27-3)15(11-13)12-28-22(26)19-14(2)18-20(29-19)23-17-7-5-4-6-10-24(17)21(18)25/h8-9,11H,4-7,10,12H2,1-3H3. The molecule has 1 aliphatic rings. The lowest BCUT2D eigenvalue weighted by Gasteiger charge is -2.10. The summed E-state index contributed by atoms with van der Waals surface area (Å²) in [7, 11) is 1.59. The lowest BCUT2D eigenvalue weighted by Crippen LogP contribution is -2.24. The first-order valence-corrected chi connectivity index (χ1v) is 10.6. The van der Waals surface area contributed by atoms with Crippen molar-refractivity contribution in [2.45, 2.75) is 52.7 Å². The van der Waals surface area contributed by atoms with Gasteiger partial charge in [-0.2, -0.15) is 0 Å². The minimum atomic E-state index is -0.436. The highest BCUT2D eigenvalue weighted by Gasteiger charge is 2.23. The fraction of sp³-hybridized carbons (Fsp3) is 0.409. The highest BCUT2D eigenvalue weighted by atomic mass is 32.1. The van der Waals surface area contributed by atoms with Gasteiger partial charge in [-0.25, -0.2) is 9.78 Å². The monoisotopic (exact) mass is 412 g/mol. The average Bonchev–Trinajstić information content (AvgIpc) is 2.88. The van der Waals surface area contributed by atoms with Gasteiger partial charge in [0, 0.05) is 18.5 Å². The van der Waals surface area contributed by atoms with Crippen LogP contribution < -0.4 is 10.3 Å². The Kier molecular flexibility index (Phi) is 5.41. The topological polar surface area (TPSA) is 70.4 Å². The number of hydrogen-bond acceptors (Lipinski definition) is 6. The number of aromatic nitrogens is 2. The zero-order valence-corrected chi connectivity index (χ0v) is 17.7. The summed E-state index contributed by atoms with van der Waals surface area (Å²) >= 11 is 1.24. The van der Waals surface area contributed by atoms with E-state index < -0.39 is 5.97 Å². The predicted octanol–water partition coefficient (Wildman–Crippen LogP) is 4.17. The van der Waals surface area contributed by atoms with Gasteiger partial charge in [0.1, 0.15) is 27.9 Å². The second kappa shape index (κ2) is 7.99. The number of hydrogen-bond donors (Lipinski definition) is 0. The van der Waals surface area contributed by atoms with Gasteiger partial charge in [0.05, 0.1) is 12.5 Å². The number of ether oxygens (including phenoxy) is 2. The summed E-state index contributed by atoms with van der Waals surface area (Å²) in [6, 6.07) is 5.75. The van der Waals surface area contributed by atoms with E-state index in [4.69, 9.17) is 14.5 Å². The predicted molar refractivity (Wildman–Crippen MR) is 113 cm³/mol. The Morgan fingerprint density at radius 1 is 1.24 bits per heavy atom. The third-order valence-electron chi connectivity index (χ3n) is 5.39. The van der Waals surface area contributed by atoms with E-state index in [0.29, 0.717) is 33.0 Å². The number of esters is 1. The third-order valence-corrected chi connectivity index (χ3v) is 6.56. The smallest absolute Gasteiger partial charge is 0.349 e. The van der Waals surface area contributed by atoms with Gasteiger partial charge in [-0.15, -0.1) is 11.3 Å². The average molecular weight is 413 g/mol. The van der Waals surface area contributed by atoms with Crippen molar-refractivity contribution in [3.63, 3.8) is 0 Å². The first-order chi connectivity index (χ1) is 14.0. The zero-order valence-electron chi connectivity index (χ0n) is 16.9. The summed E-state index contributed by atoms with van der Waals surface area (Å²) in [6.07, 6.45) is 3.93. The Hall–Kier alpha value is -2.67. The molecule has 0 unspecified atom stereocenters. The zero-order chi connectivity index (χ0) is 20.5. The molecule has 3 heterocycles. The number of nitrogens with zero attached hydrogens (tertiary/aromatic N) is 2. The van der Waals surface area contributed by atoms with Gasteiger partial charge < -0.3 is 9.47 Å². The molecule has 0 saturated carbocycles. The van der Waals surface area contributed by atoms with Crippen molar-refractivity contribution in [2.24, 2.45) is 0 Å². The summed E-state index contributed by atoms with van der Waals surface area (Å²) in [5, 5.41) is 0.542. The van der Waals surface area contributed by atoms with Gasteiger partial charge in [-0.1, -0.05) is 18.1 Å². The Morgan fingerprint density at radius 3 is 2.86 bits per heavy atom. The van der Waals surface area contributed by atoms with Gasteiger partial charge in [0.25, 0.3) is 5.56 Å². The Balaban J connectivity index is 1.65. The van der Waals surface area contributed by atoms with Crippen LogP contribution in [-0.2, 0) is 24.3 Å². The molecule has 0 N–H and O–H groups in total. The molecule has 0 fully saturated rings. The maximum absolute atomic E-state index is 13.0. The fourth-order valence-electron chi connectivity index (χ4n) is 3.83. The van der Waals surface area contributed by atoms with Crippen molar-refractivity contribution in [3.05, 3.63) is 55.9 Å². The third kappa shape index (κ3) is 3.67. The van der Waals surface area contributed by atoms with Gasteiger partial charge in [0.15, 0.2) is 0 Å². The largest absolute Gasteiger partial charge is 0.496 e. The second-order valence-corrected chi connectivity index (χ2v) is 8.42. The molecule has 0 atom stereocenters. The van der Waals surface area contributed by atoms with Gasteiger partial charge >= 0.3 is 5.97 Å². The molecule has 2 aromatic heterocycles. The Labute approximate surface area is 173 Å². The van der Waals surface area contributed by atoms with E-state index in [1.165, 1.54) is 11.3 Å². The molecule has 0 spiro atoms. The maximum atomic E-state index is 13.0. The minimum Gasteiger partial charge on any atom is -0.496 e. The lowest BCUT2D eigenvalue weighted by atomic mass is 10.1. The molecule has 0 bridgehead atoms. The first kappa shape index (κ1) is 19.6. The number of rotatable bonds is 4. The number of thiophene rings is 1. The Morgan fingerprint density at radius 2 is 2.07 bits per heavy atom. The van der Waals surface area contributed by atoms with Crippen LogP contribution in [0.4, 0.5) is 0 Å². The molecule has 0 radical (unpaired) electrons. The number of benzene rings is 1. The number of aryl methyl sites for hydroxylation is 3. The van der Waals surface area contributed by atoms with Crippen LogP contribution in [0.3, 0.4) is 0 Å². The van der Waals surface area contributed by atoms with Gasteiger partial charge in [-0.3, -0.25) is 9.36 Å². The number of carbonyl (C=O) groups excluding carboxylic acids is 1. The summed E-state index contributed by atoms with van der Waals surface area (Å²) in [5.41, 5.74) is 2.49. The maximum Gasteiger partial charge on any atom is 0.349 e. The van der Waals surface area contributed by atoms with Gasteiger partial charge in [0.2, 0.25) is 0 Å². The van der Waals surface area contributed by atoms with Crippen molar-refractivity contribution < 1.29 is 14.3 Å². The van der Waals surface area contributed by atoms with Crippen LogP contribution >= 0.6 is 11.3 Å². The SMILES string of the molecule is COc1ccc(C)cc1COC(=O)c1sc2nc3n(c(=O)c2c1C)CCCCC3. The quantitative estimate of drug-likeness (QED) is 0.602. The summed E-state index contributed by atoms with van der Waals surface area (Å²) < 4.78 is 12.7. The highest BCUT2D eigenvalue weighted by molar-refractivity contribution is 7.20. The van der Waals surface area contributed by atoms with E-state index in [1.54, 1.807) is 18.6 Å². The molecule has 152 valence electrons. The molecule has 0 amide bonds. The van der Waals surface area contributed by atoms with Crippen molar-refractivity contribution in [1.29, 1.82) is 0 Å². The minimum absolute atomic E-state index is 0.0416. The van der Waals surface area contributed by atoms with Crippen LogP contribution in [0.2, 0.25) is 0 Å². The molecular formula is C22H24N2O4S. The van der Waals surface area contributed by atoms with E-state index in [2.05, 4.69) is 0 Å². The summed E-state index contributed by atoms with van der Waals surface area (Å²) in [6.45, 7) is 4.58. The number of fused-ring (bicyclic) bond motifs is 2. The van der Waals surface area contributed by atoms with Crippen LogP contribution in [0, 0.1) is 13.8 Å². The van der Waals surface area contributed by atoms with Crippen LogP contribution in [0.25, 0.3) is 10.2 Å². The van der Waals surface area contributed by atoms with E-state index in [1.807, 2.05) is 25.1 Å². The molecule has 1 aliphatic heterocycles. The van der Waals surface area contributed by atoms with E-state index in [-0.39, 0.29) is 12.2 Å². The van der Waals surface area contributed by atoms with Crippen LogP contribution in [0.1, 0.15) is 51.4 Å². The molecule has 0 saturated heterocycles. The van der Waals surface area contributed by atoms with Crippen molar-refractivity contribution in [3.8, 4) is 5.75 Å². The van der Waals surface area contributed by atoms with Crippen LogP contribution in [0.15, 0.2) is 23.0 Å². The van der Waals surface area contributed by atoms with Crippen molar-refractivity contribution in [1.82, 2.24) is 9.55 Å². The molecular weight excluding hydrogens is 388 g/mol. The molecule has 0 aliphatic carbocycles. The first-order valence-electron chi connectivity index (χ1n) is 9.83. The van der Waals surface area contributed by atoms with Crippen LogP contribution in [-0.4, -0.2) is 22.6 Å². The lowest BCUT2D eigenvalue weighted by molar-refractivity contribution is 0.0475. The molecule has 7 heteroatoms. The second-order valence-electron chi connectivity index (χ2n) is 7.42. The van der Waals surface area contributed by atoms with Crippen molar-refractivity contribution >= 4 is 27.5 Å². The normalized spacial score (nSPS) is 13.8. The molecule has 4 rings (SSSR count). The van der Waals surface area contributed by atoms with Crippen LogP contribution in [0.5, 0.6) is 5.75 Å². The van der Waals surface area contributed by atoms with Gasteiger partial charge in [-0.05, 0) is 44.4 Å². The Bertz CT molecular complexity index is 1150. The molecule has 29 heavy (non-hydrogen) atoms. The summed E-state index contributed by atoms with van der Waals surface area (Å²) in [4.78, 5) is 31.6. The number of methoxy groups -OCH3 is 1. The fourth-order valence-corrected chi connectivity index (χ4v) is 4.92. The molecule has 6 nitrogen and oxygen atoms in total.